The minimum atomic E-state index is -4.75. The van der Waals surface area contributed by atoms with Crippen molar-refractivity contribution in [3.8, 4) is 0 Å². The number of phosphoric acid groups is 1. The maximum atomic E-state index is 12.6. The first-order valence-electron chi connectivity index (χ1n) is 22.7. The summed E-state index contributed by atoms with van der Waals surface area (Å²) in [6.07, 6.45) is 48.5. The lowest BCUT2D eigenvalue weighted by Crippen LogP contribution is -2.34. The molecule has 0 spiro atoms. The SMILES string of the molecule is CC/C=C\CC(O)/C=C/C=C/C/C=C\C/C=C\C/C=C\CCC(=O)O[C@H](COC(=O)CCCCCCCCC/C=C\CCCCCCCC)COP(=O)(O)OC[C@H](N)C(=O)O. The third kappa shape index (κ3) is 41.7. The van der Waals surface area contributed by atoms with Crippen LogP contribution in [0.2, 0.25) is 0 Å². The van der Waals surface area contributed by atoms with Gasteiger partial charge in [-0.05, 0) is 70.6 Å². The number of carbonyl (C=O) groups excluding carboxylic acids is 2. The minimum absolute atomic E-state index is 0.0156. The predicted octanol–water partition coefficient (Wildman–Crippen LogP) is 11.3. The summed E-state index contributed by atoms with van der Waals surface area (Å²) in [5.74, 6) is -2.53. The Hall–Kier alpha value is -3.38. The average Bonchev–Trinajstić information content (AvgIpc) is 3.23. The Morgan fingerprint density at radius 1 is 0.607 bits per heavy atom. The van der Waals surface area contributed by atoms with E-state index in [-0.39, 0.29) is 12.8 Å². The van der Waals surface area contributed by atoms with Crippen LogP contribution in [-0.2, 0) is 37.5 Å². The topological polar surface area (TPSA) is 192 Å². The van der Waals surface area contributed by atoms with Gasteiger partial charge < -0.3 is 30.3 Å². The van der Waals surface area contributed by atoms with Crippen molar-refractivity contribution in [1.29, 1.82) is 0 Å². The molecule has 13 heteroatoms. The second-order valence-electron chi connectivity index (χ2n) is 15.0. The average molecular weight is 878 g/mol. The molecule has 0 aliphatic carbocycles. The number of carboxylic acid groups (broad SMARTS) is 1. The predicted molar refractivity (Wildman–Crippen MR) is 246 cm³/mol. The molecule has 0 saturated carbocycles. The van der Waals surface area contributed by atoms with Crippen molar-refractivity contribution in [3.05, 3.63) is 85.1 Å². The number of carboxylic acids is 1. The van der Waals surface area contributed by atoms with Gasteiger partial charge in [-0.2, -0.15) is 0 Å². The summed E-state index contributed by atoms with van der Waals surface area (Å²) in [5, 5.41) is 18.7. The van der Waals surface area contributed by atoms with Crippen molar-refractivity contribution in [3.63, 3.8) is 0 Å². The number of nitrogens with two attached hydrogens (primary N) is 1. The highest BCUT2D eigenvalue weighted by molar-refractivity contribution is 7.47. The van der Waals surface area contributed by atoms with Crippen LogP contribution in [0, 0.1) is 0 Å². The second kappa shape index (κ2) is 41.9. The van der Waals surface area contributed by atoms with Crippen molar-refractivity contribution in [2.45, 2.75) is 180 Å². The number of unbranched alkanes of at least 4 members (excludes halogenated alkanes) is 13. The number of ether oxygens (including phenoxy) is 2. The molecule has 0 heterocycles. The van der Waals surface area contributed by atoms with Crippen LogP contribution in [0.15, 0.2) is 85.1 Å². The van der Waals surface area contributed by atoms with Crippen LogP contribution in [0.4, 0.5) is 0 Å². The fraction of sp³-hybridized carbons (Fsp3) is 0.646. The number of aliphatic hydroxyl groups is 1. The lowest BCUT2D eigenvalue weighted by atomic mass is 10.1. The van der Waals surface area contributed by atoms with E-state index in [0.717, 1.165) is 51.4 Å². The Balaban J connectivity index is 4.52. The number of aliphatic hydroxyl groups excluding tert-OH is 1. The van der Waals surface area contributed by atoms with E-state index >= 15 is 0 Å². The van der Waals surface area contributed by atoms with Crippen LogP contribution in [-0.4, -0.2) is 71.1 Å². The van der Waals surface area contributed by atoms with Gasteiger partial charge in [-0.15, -0.1) is 0 Å². The van der Waals surface area contributed by atoms with Gasteiger partial charge in [-0.3, -0.25) is 23.4 Å². The van der Waals surface area contributed by atoms with Gasteiger partial charge in [-0.25, -0.2) is 4.57 Å². The number of esters is 2. The van der Waals surface area contributed by atoms with Crippen LogP contribution in [0.1, 0.15) is 162 Å². The van der Waals surface area contributed by atoms with Gasteiger partial charge >= 0.3 is 25.7 Å². The van der Waals surface area contributed by atoms with Crippen LogP contribution in [0.25, 0.3) is 0 Å². The summed E-state index contributed by atoms with van der Waals surface area (Å²) >= 11 is 0. The van der Waals surface area contributed by atoms with Crippen molar-refractivity contribution in [1.82, 2.24) is 0 Å². The molecule has 0 aliphatic heterocycles. The zero-order valence-corrected chi connectivity index (χ0v) is 38.2. The lowest BCUT2D eigenvalue weighted by Gasteiger charge is -2.20. The van der Waals surface area contributed by atoms with Crippen LogP contribution in [0.3, 0.4) is 0 Å². The van der Waals surface area contributed by atoms with Gasteiger partial charge in [-0.1, -0.05) is 163 Å². The summed E-state index contributed by atoms with van der Waals surface area (Å²) in [4.78, 5) is 46.0. The summed E-state index contributed by atoms with van der Waals surface area (Å²) in [7, 11) is -4.75. The molecule has 12 nitrogen and oxygen atoms in total. The monoisotopic (exact) mass is 878 g/mol. The number of aliphatic carboxylic acids is 1. The molecule has 0 bridgehead atoms. The van der Waals surface area contributed by atoms with Gasteiger partial charge in [0.1, 0.15) is 12.6 Å². The summed E-state index contributed by atoms with van der Waals surface area (Å²) in [6, 6.07) is -1.54. The Morgan fingerprint density at radius 2 is 1.15 bits per heavy atom. The van der Waals surface area contributed by atoms with E-state index < -0.39 is 63.8 Å². The molecule has 5 N–H and O–H groups in total. The third-order valence-corrected chi connectivity index (χ3v) is 10.2. The van der Waals surface area contributed by atoms with Crippen LogP contribution in [0.5, 0.6) is 0 Å². The molecule has 0 saturated heterocycles. The van der Waals surface area contributed by atoms with Crippen molar-refractivity contribution < 1.29 is 52.6 Å². The maximum absolute atomic E-state index is 12.6. The summed E-state index contributed by atoms with van der Waals surface area (Å²) in [6.45, 7) is 2.50. The first kappa shape index (κ1) is 57.6. The quantitative estimate of drug-likeness (QED) is 0.0150. The van der Waals surface area contributed by atoms with E-state index in [0.29, 0.717) is 25.7 Å². The molecule has 2 unspecified atom stereocenters. The molecule has 348 valence electrons. The zero-order valence-electron chi connectivity index (χ0n) is 37.3. The highest BCUT2D eigenvalue weighted by atomic mass is 31.2. The Bertz CT molecular complexity index is 1370. The molecule has 0 fully saturated rings. The fourth-order valence-electron chi connectivity index (χ4n) is 5.64. The van der Waals surface area contributed by atoms with Gasteiger partial charge in [0.25, 0.3) is 0 Å². The van der Waals surface area contributed by atoms with Crippen LogP contribution < -0.4 is 5.73 Å². The van der Waals surface area contributed by atoms with Crippen LogP contribution >= 0.6 is 7.82 Å². The Labute approximate surface area is 367 Å². The van der Waals surface area contributed by atoms with Gasteiger partial charge in [0.05, 0.1) is 19.3 Å². The van der Waals surface area contributed by atoms with E-state index in [1.165, 1.54) is 57.8 Å². The molecule has 0 aromatic heterocycles. The molecule has 4 atom stereocenters. The number of carbonyl (C=O) groups is 3. The first-order valence-corrected chi connectivity index (χ1v) is 24.2. The molecule has 0 amide bonds. The molecular weight excluding hydrogens is 797 g/mol. The molecule has 0 aromatic carbocycles. The standard InChI is InChI=1S/C48H80NO11P/c1-3-5-7-8-9-10-11-12-13-14-15-18-21-24-27-30-34-38-46(51)57-40-44(41-58-61(55,56)59-42-45(49)48(53)54)60-47(52)39-35-31-28-25-22-19-16-17-20-23-26-29-33-37-43(50)36-32-6-4-2/h6,12-13,17,19-20,22,26,28-29,31-33,37,43-45,50H,3-5,7-11,14-16,18,21,23-25,27,30,34-36,38-42,49H2,1-2H3,(H,53,54)(H,55,56)/b13-12-,20-17-,22-19-,29-26+,31-28-,32-6-,37-33+/t43?,44-,45+/m1/s1. The Morgan fingerprint density at radius 3 is 1.75 bits per heavy atom. The van der Waals surface area contributed by atoms with E-state index in [1.807, 2.05) is 54.7 Å². The molecular formula is C48H80NO11P. The van der Waals surface area contributed by atoms with Crippen molar-refractivity contribution in [2.75, 3.05) is 19.8 Å². The van der Waals surface area contributed by atoms with Crippen molar-refractivity contribution in [2.24, 2.45) is 5.73 Å². The zero-order chi connectivity index (χ0) is 45.1. The maximum Gasteiger partial charge on any atom is 0.472 e. The normalized spacial score (nSPS) is 15.0. The number of rotatable bonds is 41. The minimum Gasteiger partial charge on any atom is -0.480 e. The molecule has 61 heavy (non-hydrogen) atoms. The number of hydrogen-bond donors (Lipinski definition) is 4. The number of hydrogen-bond acceptors (Lipinski definition) is 10. The van der Waals surface area contributed by atoms with Crippen molar-refractivity contribution >= 4 is 25.7 Å². The second-order valence-corrected chi connectivity index (χ2v) is 16.5. The van der Waals surface area contributed by atoms with E-state index in [4.69, 9.17) is 24.8 Å². The fourth-order valence-corrected chi connectivity index (χ4v) is 6.42. The third-order valence-electron chi connectivity index (χ3n) is 9.22. The van der Waals surface area contributed by atoms with E-state index in [9.17, 15) is 28.9 Å². The highest BCUT2D eigenvalue weighted by Crippen LogP contribution is 2.43. The molecule has 0 radical (unpaired) electrons. The number of allylic oxidation sites excluding steroid dienone is 12. The van der Waals surface area contributed by atoms with Gasteiger partial charge in [0.2, 0.25) is 0 Å². The van der Waals surface area contributed by atoms with E-state index in [1.54, 1.807) is 6.08 Å². The smallest absolute Gasteiger partial charge is 0.472 e. The Kier molecular flexibility index (Phi) is 39.6. The highest BCUT2D eigenvalue weighted by Gasteiger charge is 2.28. The summed E-state index contributed by atoms with van der Waals surface area (Å²) in [5.41, 5.74) is 5.33. The number of phosphoric ester groups is 1. The molecule has 0 aromatic rings. The van der Waals surface area contributed by atoms with Gasteiger partial charge in [0, 0.05) is 12.8 Å². The van der Waals surface area contributed by atoms with E-state index in [2.05, 4.69) is 42.7 Å². The van der Waals surface area contributed by atoms with Gasteiger partial charge in [0.15, 0.2) is 6.10 Å². The first-order chi connectivity index (χ1) is 29.5. The molecule has 0 rings (SSSR count). The summed E-state index contributed by atoms with van der Waals surface area (Å²) < 4.78 is 32.6. The largest absolute Gasteiger partial charge is 0.480 e. The lowest BCUT2D eigenvalue weighted by molar-refractivity contribution is -0.161. The molecule has 0 aliphatic rings.